The van der Waals surface area contributed by atoms with Crippen molar-refractivity contribution in [1.82, 2.24) is 4.90 Å². The second-order valence-corrected chi connectivity index (χ2v) is 8.54. The molecule has 1 aromatic rings. The Bertz CT molecular complexity index is 913. The zero-order valence-corrected chi connectivity index (χ0v) is 16.4. The molecule has 0 amide bonds. The molecule has 0 spiro atoms. The number of ketones is 1. The number of likely N-dealkylation sites (tertiary alicyclic amines) is 1. The highest BCUT2D eigenvalue weighted by Gasteiger charge is 2.43. The van der Waals surface area contributed by atoms with Crippen molar-refractivity contribution in [3.63, 3.8) is 0 Å². The van der Waals surface area contributed by atoms with E-state index >= 15 is 0 Å². The van der Waals surface area contributed by atoms with Gasteiger partial charge in [0.15, 0.2) is 5.78 Å². The largest absolute Gasteiger partial charge is 0.442 e. The van der Waals surface area contributed by atoms with Crippen LogP contribution in [0, 0.1) is 16.7 Å². The molecule has 0 aromatic heterocycles. The first-order chi connectivity index (χ1) is 13.5. The number of hydrogen-bond acceptors (Lipinski definition) is 4. The quantitative estimate of drug-likeness (QED) is 0.583. The van der Waals surface area contributed by atoms with Gasteiger partial charge >= 0.3 is 0 Å². The van der Waals surface area contributed by atoms with E-state index < -0.39 is 5.92 Å². The van der Waals surface area contributed by atoms with Crippen molar-refractivity contribution < 1.29 is 9.53 Å². The third kappa shape index (κ3) is 3.47. The predicted molar refractivity (Wildman–Crippen MR) is 107 cm³/mol. The Morgan fingerprint density at radius 1 is 1.21 bits per heavy atom. The van der Waals surface area contributed by atoms with Crippen LogP contribution in [0.4, 0.5) is 0 Å². The minimum absolute atomic E-state index is 0.0652. The Hall–Kier alpha value is -2.87. The summed E-state index contributed by atoms with van der Waals surface area (Å²) < 4.78 is 6.10. The minimum atomic E-state index is -0.413. The maximum Gasteiger partial charge on any atom is 0.235 e. The van der Waals surface area contributed by atoms with Crippen LogP contribution in [0.15, 0.2) is 58.1 Å². The molecule has 5 heteroatoms. The summed E-state index contributed by atoms with van der Waals surface area (Å²) in [6, 6.07) is 12.0. The number of carbonyl (C=O) groups is 1. The number of rotatable bonds is 3. The van der Waals surface area contributed by atoms with Gasteiger partial charge in [-0.1, -0.05) is 44.2 Å². The van der Waals surface area contributed by atoms with Gasteiger partial charge in [0.05, 0.1) is 12.3 Å². The van der Waals surface area contributed by atoms with E-state index in [-0.39, 0.29) is 11.2 Å². The van der Waals surface area contributed by atoms with Gasteiger partial charge < -0.3 is 9.64 Å². The van der Waals surface area contributed by atoms with Crippen molar-refractivity contribution in [2.75, 3.05) is 13.1 Å². The molecule has 0 radical (unpaired) electrons. The van der Waals surface area contributed by atoms with Crippen LogP contribution in [0.5, 0.6) is 0 Å². The Labute approximate surface area is 166 Å². The van der Waals surface area contributed by atoms with Crippen LogP contribution >= 0.6 is 0 Å². The Morgan fingerprint density at radius 3 is 2.61 bits per heavy atom. The molecule has 4 rings (SSSR count). The molecule has 1 fully saturated rings. The third-order valence-electron chi connectivity index (χ3n) is 5.64. The van der Waals surface area contributed by atoms with E-state index in [4.69, 9.17) is 4.74 Å². The van der Waals surface area contributed by atoms with Gasteiger partial charge in [0.25, 0.3) is 0 Å². The summed E-state index contributed by atoms with van der Waals surface area (Å²) in [5.74, 6) is 0.648. The molecule has 5 nitrogen and oxygen atoms in total. The maximum absolute atomic E-state index is 13.0. The van der Waals surface area contributed by atoms with Gasteiger partial charge in [-0.15, -0.1) is 0 Å². The lowest BCUT2D eigenvalue weighted by Gasteiger charge is -2.37. The molecule has 0 N–H and O–H groups in total. The van der Waals surface area contributed by atoms with Crippen molar-refractivity contribution in [1.29, 1.82) is 5.26 Å². The molecule has 1 saturated heterocycles. The number of carbonyl (C=O) groups excluding carboxylic acids is 1. The molecule has 0 unspecified atom stereocenters. The topological polar surface area (TPSA) is 65.7 Å². The fourth-order valence-electron chi connectivity index (χ4n) is 4.31. The number of hydrogen-bond donors (Lipinski definition) is 0. The summed E-state index contributed by atoms with van der Waals surface area (Å²) >= 11 is 0. The van der Waals surface area contributed by atoms with E-state index in [1.807, 2.05) is 30.3 Å². The number of ether oxygens (including phenoxy) is 1. The molecule has 3 aliphatic rings. The number of benzene rings is 1. The summed E-state index contributed by atoms with van der Waals surface area (Å²) in [7, 11) is 0. The third-order valence-corrected chi connectivity index (χ3v) is 5.64. The van der Waals surface area contributed by atoms with Crippen LogP contribution in [0.1, 0.15) is 51.0 Å². The number of allylic oxidation sites excluding steroid dienone is 3. The molecule has 1 atom stereocenters. The molecule has 1 aromatic carbocycles. The van der Waals surface area contributed by atoms with Crippen molar-refractivity contribution in [3.8, 4) is 6.07 Å². The van der Waals surface area contributed by atoms with Gasteiger partial charge in [-0.25, -0.2) is 4.99 Å². The molecule has 2 heterocycles. The van der Waals surface area contributed by atoms with E-state index in [1.54, 1.807) is 6.34 Å². The highest BCUT2D eigenvalue weighted by Crippen LogP contribution is 2.48. The monoisotopic (exact) mass is 375 g/mol. The van der Waals surface area contributed by atoms with Gasteiger partial charge in [0.2, 0.25) is 5.88 Å². The smallest absolute Gasteiger partial charge is 0.235 e. The van der Waals surface area contributed by atoms with E-state index in [0.717, 1.165) is 31.5 Å². The first kappa shape index (κ1) is 18.5. The highest BCUT2D eigenvalue weighted by atomic mass is 16.5. The SMILES string of the molecule is CC1(C)CC(=O)C2=C(C1)OC(N=CN1CCCC1)=C(C#N)[C@H]2c1ccccc1. The fourth-order valence-corrected chi connectivity index (χ4v) is 4.31. The molecule has 2 aliphatic heterocycles. The van der Waals surface area contributed by atoms with Crippen molar-refractivity contribution in [2.24, 2.45) is 10.4 Å². The Balaban J connectivity index is 1.80. The van der Waals surface area contributed by atoms with Crippen LogP contribution in [0.25, 0.3) is 0 Å². The molecule has 28 heavy (non-hydrogen) atoms. The van der Waals surface area contributed by atoms with Gasteiger partial charge in [-0.05, 0) is 23.8 Å². The van der Waals surface area contributed by atoms with Crippen LogP contribution in [0.2, 0.25) is 0 Å². The first-order valence-electron chi connectivity index (χ1n) is 9.90. The molecule has 144 valence electrons. The molecular formula is C23H25N3O2. The summed E-state index contributed by atoms with van der Waals surface area (Å²) in [6.45, 7) is 6.10. The molecule has 0 bridgehead atoms. The van der Waals surface area contributed by atoms with Gasteiger partial charge in [-0.2, -0.15) is 5.26 Å². The fraction of sp³-hybridized carbons (Fsp3) is 0.435. The highest BCUT2D eigenvalue weighted by molar-refractivity contribution is 6.00. The zero-order valence-electron chi connectivity index (χ0n) is 16.4. The average molecular weight is 375 g/mol. The van der Waals surface area contributed by atoms with Crippen LogP contribution < -0.4 is 0 Å². The minimum Gasteiger partial charge on any atom is -0.442 e. The average Bonchev–Trinajstić information content (AvgIpc) is 3.18. The standard InChI is InChI=1S/C23H25N3O2/c1-23(2)12-18(27)21-19(13-23)28-22(25-15-26-10-6-7-11-26)17(14-24)20(21)16-8-4-3-5-9-16/h3-5,8-9,15,20H,6-7,10-13H2,1-2H3/t20-/m1/s1. The maximum atomic E-state index is 13.0. The van der Waals surface area contributed by atoms with E-state index in [0.29, 0.717) is 35.6 Å². The number of nitriles is 1. The van der Waals surface area contributed by atoms with Crippen LogP contribution in [-0.2, 0) is 9.53 Å². The summed E-state index contributed by atoms with van der Waals surface area (Å²) in [5.41, 5.74) is 1.80. The summed E-state index contributed by atoms with van der Waals surface area (Å²) in [6.07, 6.45) is 5.22. The Morgan fingerprint density at radius 2 is 1.93 bits per heavy atom. The second-order valence-electron chi connectivity index (χ2n) is 8.54. The molecule has 0 saturated carbocycles. The molecular weight excluding hydrogens is 350 g/mol. The van der Waals surface area contributed by atoms with E-state index in [2.05, 4.69) is 29.8 Å². The number of aliphatic imine (C=N–C) groups is 1. The van der Waals surface area contributed by atoms with Gasteiger partial charge in [0.1, 0.15) is 17.4 Å². The Kier molecular flexibility index (Phi) is 4.80. The van der Waals surface area contributed by atoms with E-state index in [9.17, 15) is 10.1 Å². The lowest BCUT2D eigenvalue weighted by atomic mass is 9.70. The second kappa shape index (κ2) is 7.27. The number of nitrogens with zero attached hydrogens (tertiary/aromatic N) is 3. The van der Waals surface area contributed by atoms with Crippen molar-refractivity contribution in [2.45, 2.75) is 45.4 Å². The van der Waals surface area contributed by atoms with Crippen molar-refractivity contribution in [3.05, 3.63) is 58.7 Å². The lowest BCUT2D eigenvalue weighted by Crippen LogP contribution is -2.32. The first-order valence-corrected chi connectivity index (χ1v) is 9.90. The predicted octanol–water partition coefficient (Wildman–Crippen LogP) is 4.30. The van der Waals surface area contributed by atoms with Gasteiger partial charge in [-0.3, -0.25) is 4.79 Å². The van der Waals surface area contributed by atoms with Crippen molar-refractivity contribution >= 4 is 12.1 Å². The summed E-state index contributed by atoms with van der Waals surface area (Å²) in [5, 5.41) is 9.96. The summed E-state index contributed by atoms with van der Waals surface area (Å²) in [4.78, 5) is 19.7. The van der Waals surface area contributed by atoms with Crippen LogP contribution in [0.3, 0.4) is 0 Å². The van der Waals surface area contributed by atoms with Crippen LogP contribution in [-0.4, -0.2) is 30.1 Å². The molecule has 1 aliphatic carbocycles. The van der Waals surface area contributed by atoms with Gasteiger partial charge in [0, 0.05) is 31.5 Å². The van der Waals surface area contributed by atoms with E-state index in [1.165, 1.54) is 0 Å². The zero-order chi connectivity index (χ0) is 19.7. The lowest BCUT2D eigenvalue weighted by molar-refractivity contribution is -0.119. The normalized spacial score (nSPS) is 24.4. The number of Topliss-reactive ketones (excluding diaryl/α,β-unsaturated/α-hetero) is 1.